The van der Waals surface area contributed by atoms with Crippen LogP contribution in [0.4, 0.5) is 5.69 Å². The van der Waals surface area contributed by atoms with Crippen molar-refractivity contribution < 1.29 is 4.79 Å². The van der Waals surface area contributed by atoms with E-state index in [0.29, 0.717) is 22.9 Å². The van der Waals surface area contributed by atoms with Crippen LogP contribution in [0.1, 0.15) is 27.0 Å². The van der Waals surface area contributed by atoms with E-state index in [0.717, 1.165) is 16.7 Å². The van der Waals surface area contributed by atoms with Gasteiger partial charge in [-0.15, -0.1) is 0 Å². The van der Waals surface area contributed by atoms with E-state index in [9.17, 15) is 4.79 Å². The van der Waals surface area contributed by atoms with Crippen molar-refractivity contribution in [3.05, 3.63) is 101 Å². The molecule has 3 aromatic rings. The summed E-state index contributed by atoms with van der Waals surface area (Å²) in [6.45, 7) is 2.02. The van der Waals surface area contributed by atoms with Crippen molar-refractivity contribution >= 4 is 23.3 Å². The minimum atomic E-state index is -0.212. The standard InChI is InChI=1S/C22H17N3O/c1-15-11-13-17(14-12-15)21-24-20(16-7-3-2-4-8-16)23-19-10-6-5-9-18(19)22(26)25-21/h2-14H,1H3,(H,23,24,25,26). The maximum Gasteiger partial charge on any atom is 0.259 e. The van der Waals surface area contributed by atoms with E-state index in [-0.39, 0.29) is 5.91 Å². The van der Waals surface area contributed by atoms with Gasteiger partial charge < -0.3 is 5.32 Å². The van der Waals surface area contributed by atoms with Crippen molar-refractivity contribution in [2.75, 3.05) is 0 Å². The molecule has 26 heavy (non-hydrogen) atoms. The van der Waals surface area contributed by atoms with E-state index in [2.05, 4.69) is 15.3 Å². The fourth-order valence-corrected chi connectivity index (χ4v) is 2.78. The summed E-state index contributed by atoms with van der Waals surface area (Å²) in [4.78, 5) is 22.1. The lowest BCUT2D eigenvalue weighted by Gasteiger charge is -2.15. The first kappa shape index (κ1) is 16.0. The number of aliphatic imine (C=N–C) groups is 2. The van der Waals surface area contributed by atoms with Crippen molar-refractivity contribution in [2.24, 2.45) is 9.98 Å². The molecule has 0 aromatic heterocycles. The topological polar surface area (TPSA) is 53.8 Å². The first-order valence-corrected chi connectivity index (χ1v) is 8.41. The van der Waals surface area contributed by atoms with E-state index in [1.165, 1.54) is 0 Å². The lowest BCUT2D eigenvalue weighted by molar-refractivity contribution is 0.0978. The molecule has 0 saturated carbocycles. The fraction of sp³-hybridized carbons (Fsp3) is 0.0455. The Bertz CT molecular complexity index is 1020. The van der Waals surface area contributed by atoms with Gasteiger partial charge in [0.1, 0.15) is 5.84 Å². The van der Waals surface area contributed by atoms with Gasteiger partial charge in [-0.05, 0) is 19.1 Å². The maximum absolute atomic E-state index is 12.7. The van der Waals surface area contributed by atoms with Crippen molar-refractivity contribution in [2.45, 2.75) is 6.92 Å². The second-order valence-electron chi connectivity index (χ2n) is 6.10. The molecule has 0 spiro atoms. The number of aryl methyl sites for hydroxylation is 1. The first-order chi connectivity index (χ1) is 12.7. The van der Waals surface area contributed by atoms with Crippen LogP contribution in [0, 0.1) is 6.92 Å². The molecule has 0 atom stereocenters. The van der Waals surface area contributed by atoms with Crippen molar-refractivity contribution in [3.8, 4) is 0 Å². The average molecular weight is 339 g/mol. The van der Waals surface area contributed by atoms with Crippen LogP contribution in [0.3, 0.4) is 0 Å². The van der Waals surface area contributed by atoms with Crippen molar-refractivity contribution in [3.63, 3.8) is 0 Å². The zero-order valence-corrected chi connectivity index (χ0v) is 14.3. The molecule has 4 heteroatoms. The number of rotatable bonds is 2. The Kier molecular flexibility index (Phi) is 4.15. The molecular weight excluding hydrogens is 322 g/mol. The highest BCUT2D eigenvalue weighted by Gasteiger charge is 2.18. The summed E-state index contributed by atoms with van der Waals surface area (Å²) >= 11 is 0. The fourth-order valence-electron chi connectivity index (χ4n) is 2.78. The number of nitrogens with zero attached hydrogens (tertiary/aromatic N) is 2. The van der Waals surface area contributed by atoms with Crippen molar-refractivity contribution in [1.29, 1.82) is 0 Å². The molecule has 0 aliphatic carbocycles. The van der Waals surface area contributed by atoms with Gasteiger partial charge in [0.05, 0.1) is 11.3 Å². The number of carbonyl (C=O) groups is 1. The molecule has 4 nitrogen and oxygen atoms in total. The molecule has 0 saturated heterocycles. The van der Waals surface area contributed by atoms with Crippen LogP contribution >= 0.6 is 0 Å². The summed E-state index contributed by atoms with van der Waals surface area (Å²) in [5, 5.41) is 2.94. The van der Waals surface area contributed by atoms with E-state index in [4.69, 9.17) is 0 Å². The number of nitrogens with one attached hydrogen (secondary N) is 1. The predicted octanol–water partition coefficient (Wildman–Crippen LogP) is 4.26. The summed E-state index contributed by atoms with van der Waals surface area (Å²) in [5.41, 5.74) is 4.01. The number of amidine groups is 2. The van der Waals surface area contributed by atoms with Crippen LogP contribution in [0.15, 0.2) is 88.8 Å². The Morgan fingerprint density at radius 3 is 2.19 bits per heavy atom. The quantitative estimate of drug-likeness (QED) is 0.745. The summed E-state index contributed by atoms with van der Waals surface area (Å²) < 4.78 is 0. The Morgan fingerprint density at radius 2 is 1.42 bits per heavy atom. The van der Waals surface area contributed by atoms with Crippen LogP contribution in [-0.4, -0.2) is 17.6 Å². The summed E-state index contributed by atoms with van der Waals surface area (Å²) in [6.07, 6.45) is 0. The van der Waals surface area contributed by atoms with Crippen LogP contribution in [0.2, 0.25) is 0 Å². The lowest BCUT2D eigenvalue weighted by atomic mass is 10.1. The van der Waals surface area contributed by atoms with Crippen LogP contribution in [0.5, 0.6) is 0 Å². The van der Waals surface area contributed by atoms with Gasteiger partial charge in [0.15, 0.2) is 5.84 Å². The third-order valence-corrected chi connectivity index (χ3v) is 4.18. The average Bonchev–Trinajstić information content (AvgIpc) is 2.67. The Morgan fingerprint density at radius 1 is 0.731 bits per heavy atom. The van der Waals surface area contributed by atoms with Crippen LogP contribution in [-0.2, 0) is 0 Å². The largest absolute Gasteiger partial charge is 0.306 e. The first-order valence-electron chi connectivity index (χ1n) is 8.41. The Balaban J connectivity index is 1.91. The molecule has 126 valence electrons. The van der Waals surface area contributed by atoms with Crippen molar-refractivity contribution in [1.82, 2.24) is 5.32 Å². The number of carbonyl (C=O) groups excluding carboxylic acids is 1. The number of para-hydroxylation sites is 1. The Labute approximate surface area is 152 Å². The van der Waals surface area contributed by atoms with Gasteiger partial charge >= 0.3 is 0 Å². The minimum absolute atomic E-state index is 0.212. The van der Waals surface area contributed by atoms with Gasteiger partial charge in [0.25, 0.3) is 5.91 Å². The zero-order valence-electron chi connectivity index (χ0n) is 14.3. The zero-order chi connectivity index (χ0) is 17.9. The molecule has 1 heterocycles. The normalized spacial score (nSPS) is 13.7. The van der Waals surface area contributed by atoms with Gasteiger partial charge in [-0.3, -0.25) is 4.79 Å². The molecule has 0 unspecified atom stereocenters. The van der Waals surface area contributed by atoms with Gasteiger partial charge in [0, 0.05) is 11.1 Å². The van der Waals surface area contributed by atoms with Gasteiger partial charge in [-0.1, -0.05) is 72.3 Å². The van der Waals surface area contributed by atoms with Crippen LogP contribution in [0.25, 0.3) is 0 Å². The molecule has 0 bridgehead atoms. The summed E-state index contributed by atoms with van der Waals surface area (Å²) in [5.74, 6) is 0.844. The molecule has 1 amide bonds. The lowest BCUT2D eigenvalue weighted by Crippen LogP contribution is -2.33. The van der Waals surface area contributed by atoms with E-state index >= 15 is 0 Å². The van der Waals surface area contributed by atoms with Gasteiger partial charge in [-0.25, -0.2) is 9.98 Å². The molecule has 0 radical (unpaired) electrons. The SMILES string of the molecule is Cc1ccc(C2=NC(c3ccccc3)=Nc3ccccc3C(=O)N2)cc1. The second kappa shape index (κ2) is 6.76. The monoisotopic (exact) mass is 339 g/mol. The smallest absolute Gasteiger partial charge is 0.259 e. The molecule has 0 fully saturated rings. The highest BCUT2D eigenvalue weighted by atomic mass is 16.1. The highest BCUT2D eigenvalue weighted by Crippen LogP contribution is 2.22. The highest BCUT2D eigenvalue weighted by molar-refractivity contribution is 6.20. The van der Waals surface area contributed by atoms with E-state index < -0.39 is 0 Å². The van der Waals surface area contributed by atoms with E-state index in [1.807, 2.05) is 79.7 Å². The predicted molar refractivity (Wildman–Crippen MR) is 104 cm³/mol. The third kappa shape index (κ3) is 3.17. The summed E-state index contributed by atoms with van der Waals surface area (Å²) in [7, 11) is 0. The molecular formula is C22H17N3O. The minimum Gasteiger partial charge on any atom is -0.306 e. The Hall–Kier alpha value is -3.53. The molecule has 3 aromatic carbocycles. The molecule has 1 aliphatic heterocycles. The number of hydrogen-bond donors (Lipinski definition) is 1. The molecule has 1 N–H and O–H groups in total. The van der Waals surface area contributed by atoms with Gasteiger partial charge in [-0.2, -0.15) is 0 Å². The molecule has 4 rings (SSSR count). The number of amides is 1. The number of benzene rings is 3. The maximum atomic E-state index is 12.7. The summed E-state index contributed by atoms with van der Waals surface area (Å²) in [6, 6.07) is 24.9. The number of hydrogen-bond acceptors (Lipinski definition) is 3. The van der Waals surface area contributed by atoms with E-state index in [1.54, 1.807) is 6.07 Å². The third-order valence-electron chi connectivity index (χ3n) is 4.18. The molecule has 1 aliphatic rings. The van der Waals surface area contributed by atoms with Gasteiger partial charge in [0.2, 0.25) is 0 Å². The number of fused-ring (bicyclic) bond motifs is 1. The van der Waals surface area contributed by atoms with Crippen LogP contribution < -0.4 is 5.32 Å². The second-order valence-corrected chi connectivity index (χ2v) is 6.10.